The van der Waals surface area contributed by atoms with Crippen LogP contribution in [-0.2, 0) is 4.79 Å². The van der Waals surface area contributed by atoms with Gasteiger partial charge in [-0.05, 0) is 24.5 Å². The predicted molar refractivity (Wildman–Crippen MR) is 83.3 cm³/mol. The van der Waals surface area contributed by atoms with E-state index < -0.39 is 5.91 Å². The van der Waals surface area contributed by atoms with E-state index in [-0.39, 0.29) is 23.5 Å². The highest BCUT2D eigenvalue weighted by atomic mass is 35.5. The lowest BCUT2D eigenvalue weighted by atomic mass is 10.1. The van der Waals surface area contributed by atoms with Crippen LogP contribution in [0.3, 0.4) is 0 Å². The predicted octanol–water partition coefficient (Wildman–Crippen LogP) is 2.59. The van der Waals surface area contributed by atoms with E-state index in [1.807, 2.05) is 20.8 Å². The van der Waals surface area contributed by atoms with E-state index in [1.54, 1.807) is 6.07 Å². The Kier molecular flexibility index (Phi) is 6.62. The summed E-state index contributed by atoms with van der Waals surface area (Å²) in [6.07, 6.45) is 1.74. The van der Waals surface area contributed by atoms with Crippen LogP contribution in [0.2, 0.25) is 5.15 Å². The summed E-state index contributed by atoms with van der Waals surface area (Å²) in [5.74, 6) is -0.604. The van der Waals surface area contributed by atoms with Gasteiger partial charge in [-0.3, -0.25) is 9.59 Å². The van der Waals surface area contributed by atoms with Crippen molar-refractivity contribution in [1.82, 2.24) is 9.88 Å². The molecule has 0 bridgehead atoms. The highest BCUT2D eigenvalue weighted by Gasteiger charge is 2.19. The fourth-order valence-corrected chi connectivity index (χ4v) is 2.12. The first-order valence-corrected chi connectivity index (χ1v) is 7.48. The summed E-state index contributed by atoms with van der Waals surface area (Å²) in [6.45, 7) is 6.38. The number of nitrogens with zero attached hydrogens (tertiary/aromatic N) is 2. The molecule has 1 aromatic heterocycles. The number of amides is 2. The van der Waals surface area contributed by atoms with Crippen LogP contribution in [0.5, 0.6) is 0 Å². The molecule has 21 heavy (non-hydrogen) atoms. The van der Waals surface area contributed by atoms with E-state index in [0.29, 0.717) is 12.1 Å². The molecule has 0 unspecified atom stereocenters. The summed E-state index contributed by atoms with van der Waals surface area (Å²) in [4.78, 5) is 29.3. The standard InChI is InChI=1S/C15H22ClN3O2/c1-4-5-6-19(9-14(17)20)15(21)11-7-12(10(2)3)18-13(16)8-11/h7-8,10H,4-6,9H2,1-3H3,(H2,17,20). The number of carbonyl (C=O) groups excluding carboxylic acids is 2. The number of hydrogen-bond donors (Lipinski definition) is 1. The molecular weight excluding hydrogens is 290 g/mol. The zero-order chi connectivity index (χ0) is 16.0. The second-order valence-corrected chi connectivity index (χ2v) is 5.69. The summed E-state index contributed by atoms with van der Waals surface area (Å²) in [6, 6.07) is 3.24. The van der Waals surface area contributed by atoms with Crippen molar-refractivity contribution in [3.8, 4) is 0 Å². The Labute approximate surface area is 130 Å². The van der Waals surface area contributed by atoms with Crippen LogP contribution < -0.4 is 5.73 Å². The Morgan fingerprint density at radius 1 is 1.38 bits per heavy atom. The van der Waals surface area contributed by atoms with Gasteiger partial charge in [0, 0.05) is 17.8 Å². The molecule has 1 heterocycles. The molecule has 0 saturated carbocycles. The molecule has 0 atom stereocenters. The number of halogens is 1. The van der Waals surface area contributed by atoms with Crippen LogP contribution in [-0.4, -0.2) is 34.8 Å². The number of aromatic nitrogens is 1. The van der Waals surface area contributed by atoms with Gasteiger partial charge in [0.05, 0.1) is 6.54 Å². The first kappa shape index (κ1) is 17.4. The van der Waals surface area contributed by atoms with Gasteiger partial charge in [0.2, 0.25) is 5.91 Å². The molecule has 0 saturated heterocycles. The van der Waals surface area contributed by atoms with Crippen molar-refractivity contribution in [1.29, 1.82) is 0 Å². The van der Waals surface area contributed by atoms with E-state index >= 15 is 0 Å². The van der Waals surface area contributed by atoms with Gasteiger partial charge < -0.3 is 10.6 Å². The van der Waals surface area contributed by atoms with Gasteiger partial charge in [-0.15, -0.1) is 0 Å². The molecule has 2 N–H and O–H groups in total. The third-order valence-electron chi connectivity index (χ3n) is 3.07. The van der Waals surface area contributed by atoms with Gasteiger partial charge >= 0.3 is 0 Å². The number of unbranched alkanes of at least 4 members (excludes halogenated alkanes) is 1. The van der Waals surface area contributed by atoms with E-state index in [1.165, 1.54) is 11.0 Å². The van der Waals surface area contributed by atoms with Crippen LogP contribution >= 0.6 is 11.6 Å². The van der Waals surface area contributed by atoms with Crippen molar-refractivity contribution >= 4 is 23.4 Å². The van der Waals surface area contributed by atoms with Gasteiger partial charge in [0.1, 0.15) is 5.15 Å². The molecule has 116 valence electrons. The maximum atomic E-state index is 12.5. The lowest BCUT2D eigenvalue weighted by Crippen LogP contribution is -2.39. The number of carbonyl (C=O) groups is 2. The van der Waals surface area contributed by atoms with Crippen LogP contribution in [0.15, 0.2) is 12.1 Å². The molecule has 0 spiro atoms. The fourth-order valence-electron chi connectivity index (χ4n) is 1.91. The minimum Gasteiger partial charge on any atom is -0.368 e. The zero-order valence-electron chi connectivity index (χ0n) is 12.7. The SMILES string of the molecule is CCCCN(CC(N)=O)C(=O)c1cc(Cl)nc(C(C)C)c1. The number of primary amides is 1. The Balaban J connectivity index is 3.04. The Bertz CT molecular complexity index is 518. The van der Waals surface area contributed by atoms with Gasteiger partial charge in [-0.2, -0.15) is 0 Å². The largest absolute Gasteiger partial charge is 0.368 e. The molecule has 0 aromatic carbocycles. The van der Waals surface area contributed by atoms with Crippen molar-refractivity contribution in [2.45, 2.75) is 39.5 Å². The summed E-state index contributed by atoms with van der Waals surface area (Å²) in [5, 5.41) is 0.277. The molecular formula is C15H22ClN3O2. The highest BCUT2D eigenvalue weighted by Crippen LogP contribution is 2.19. The van der Waals surface area contributed by atoms with Crippen molar-refractivity contribution in [2.24, 2.45) is 5.73 Å². The lowest BCUT2D eigenvalue weighted by Gasteiger charge is -2.21. The number of nitrogens with two attached hydrogens (primary N) is 1. The third-order valence-corrected chi connectivity index (χ3v) is 3.26. The Morgan fingerprint density at radius 3 is 2.57 bits per heavy atom. The maximum Gasteiger partial charge on any atom is 0.254 e. The van der Waals surface area contributed by atoms with E-state index in [9.17, 15) is 9.59 Å². The molecule has 1 rings (SSSR count). The molecule has 0 aliphatic rings. The Morgan fingerprint density at radius 2 is 2.05 bits per heavy atom. The number of rotatable bonds is 7. The second-order valence-electron chi connectivity index (χ2n) is 5.30. The number of hydrogen-bond acceptors (Lipinski definition) is 3. The molecule has 5 nitrogen and oxygen atoms in total. The minimum absolute atomic E-state index is 0.0875. The first-order chi connectivity index (χ1) is 9.85. The number of pyridine rings is 1. The molecule has 0 aliphatic heterocycles. The second kappa shape index (κ2) is 7.98. The van der Waals surface area contributed by atoms with Gasteiger partial charge in [0.15, 0.2) is 0 Å². The van der Waals surface area contributed by atoms with Crippen LogP contribution in [0.1, 0.15) is 55.6 Å². The fraction of sp³-hybridized carbons (Fsp3) is 0.533. The van der Waals surface area contributed by atoms with Crippen LogP contribution in [0, 0.1) is 0 Å². The smallest absolute Gasteiger partial charge is 0.254 e. The van der Waals surface area contributed by atoms with Gasteiger partial charge in [-0.25, -0.2) is 4.98 Å². The first-order valence-electron chi connectivity index (χ1n) is 7.10. The van der Waals surface area contributed by atoms with E-state index in [2.05, 4.69) is 4.98 Å². The molecule has 2 amide bonds. The van der Waals surface area contributed by atoms with E-state index in [4.69, 9.17) is 17.3 Å². The average molecular weight is 312 g/mol. The summed E-state index contributed by atoms with van der Waals surface area (Å²) in [5.41, 5.74) is 6.41. The quantitative estimate of drug-likeness (QED) is 0.786. The van der Waals surface area contributed by atoms with Crippen LogP contribution in [0.4, 0.5) is 0 Å². The summed E-state index contributed by atoms with van der Waals surface area (Å²) < 4.78 is 0. The molecule has 0 fully saturated rings. The van der Waals surface area contributed by atoms with E-state index in [0.717, 1.165) is 18.5 Å². The van der Waals surface area contributed by atoms with Gasteiger partial charge in [0.25, 0.3) is 5.91 Å². The van der Waals surface area contributed by atoms with Crippen LogP contribution in [0.25, 0.3) is 0 Å². The zero-order valence-corrected chi connectivity index (χ0v) is 13.5. The topological polar surface area (TPSA) is 76.3 Å². The molecule has 0 radical (unpaired) electrons. The summed E-state index contributed by atoms with van der Waals surface area (Å²) >= 11 is 5.98. The molecule has 1 aromatic rings. The van der Waals surface area contributed by atoms with Crippen molar-refractivity contribution < 1.29 is 9.59 Å². The Hall–Kier alpha value is -1.62. The van der Waals surface area contributed by atoms with Crippen molar-refractivity contribution in [3.05, 3.63) is 28.5 Å². The third kappa shape index (κ3) is 5.34. The lowest BCUT2D eigenvalue weighted by molar-refractivity contribution is -0.118. The van der Waals surface area contributed by atoms with Crippen molar-refractivity contribution in [2.75, 3.05) is 13.1 Å². The normalized spacial score (nSPS) is 10.7. The highest BCUT2D eigenvalue weighted by molar-refractivity contribution is 6.29. The van der Waals surface area contributed by atoms with Gasteiger partial charge in [-0.1, -0.05) is 38.8 Å². The van der Waals surface area contributed by atoms with Crippen molar-refractivity contribution in [3.63, 3.8) is 0 Å². The average Bonchev–Trinajstić information content (AvgIpc) is 2.41. The maximum absolute atomic E-state index is 12.5. The molecule has 0 aliphatic carbocycles. The minimum atomic E-state index is -0.524. The molecule has 6 heteroatoms. The summed E-state index contributed by atoms with van der Waals surface area (Å²) in [7, 11) is 0. The monoisotopic (exact) mass is 311 g/mol.